The lowest BCUT2D eigenvalue weighted by atomic mass is 10.4. The number of hydrogen-bond donors (Lipinski definition) is 0. The van der Waals surface area contributed by atoms with Gasteiger partial charge in [-0.3, -0.25) is 4.79 Å². The van der Waals surface area contributed by atoms with Crippen molar-refractivity contribution < 1.29 is 22.2 Å². The van der Waals surface area contributed by atoms with Crippen LogP contribution in [0.5, 0.6) is 0 Å². The monoisotopic (exact) mass is 250 g/mol. The summed E-state index contributed by atoms with van der Waals surface area (Å²) in [6, 6.07) is 8.05. The van der Waals surface area contributed by atoms with E-state index < -0.39 is 21.8 Å². The Morgan fingerprint density at radius 1 is 1.50 bits per heavy atom. The Balaban J connectivity index is 3.19. The van der Waals surface area contributed by atoms with Crippen molar-refractivity contribution >= 4 is 15.6 Å². The summed E-state index contributed by atoms with van der Waals surface area (Å²) < 4.78 is 50.2. The summed E-state index contributed by atoms with van der Waals surface area (Å²) in [5.74, 6) is -2.34. The first-order valence-electron chi connectivity index (χ1n) is 4.03. The predicted octanol–water partition coefficient (Wildman–Crippen LogP) is 2.03. The average molecular weight is 250 g/mol. The predicted molar refractivity (Wildman–Crippen MR) is 51.1 cm³/mol. The van der Waals surface area contributed by atoms with Gasteiger partial charge in [-0.05, 0) is 18.2 Å². The lowest BCUT2D eigenvalue weighted by molar-refractivity contribution is -0.169. The van der Waals surface area contributed by atoms with Crippen molar-refractivity contribution in [3.05, 3.63) is 30.3 Å². The fourth-order valence-electron chi connectivity index (χ4n) is 0.875. The average Bonchev–Trinajstić information content (AvgIpc) is 2.17. The maximum atomic E-state index is 11.9. The van der Waals surface area contributed by atoms with E-state index >= 15 is 0 Å². The zero-order valence-corrected chi connectivity index (χ0v) is 8.93. The third-order valence-corrected chi connectivity index (χ3v) is 3.26. The number of carbonyl (C=O) groups is 1. The number of alkyl halides is 3. The van der Waals surface area contributed by atoms with Gasteiger partial charge in [0.1, 0.15) is 0 Å². The third kappa shape index (κ3) is 3.06. The van der Waals surface area contributed by atoms with Gasteiger partial charge in [0.15, 0.2) is 0 Å². The second kappa shape index (κ2) is 4.25. The molecule has 0 aliphatic rings. The number of benzene rings is 1. The van der Waals surface area contributed by atoms with E-state index in [-0.39, 0.29) is 4.90 Å². The molecule has 0 aliphatic carbocycles. The Labute approximate surface area is 90.5 Å². The SMILES string of the molecule is CS(=O)(=NC(=O)C(F)(F)F)c1c[c]ccc1. The molecule has 16 heavy (non-hydrogen) atoms. The molecular formula is C9H7F3NO2S. The molecule has 0 bridgehead atoms. The molecule has 1 rings (SSSR count). The summed E-state index contributed by atoms with van der Waals surface area (Å²) in [6.07, 6.45) is -4.13. The zero-order valence-electron chi connectivity index (χ0n) is 8.12. The minimum absolute atomic E-state index is 0.0348. The maximum Gasteiger partial charge on any atom is 0.474 e. The maximum absolute atomic E-state index is 11.9. The molecule has 1 atom stereocenters. The van der Waals surface area contributed by atoms with E-state index in [1.54, 1.807) is 0 Å². The van der Waals surface area contributed by atoms with E-state index in [1.807, 2.05) is 0 Å². The molecule has 0 saturated carbocycles. The highest BCUT2D eigenvalue weighted by molar-refractivity contribution is 7.93. The normalized spacial score (nSPS) is 15.2. The Morgan fingerprint density at radius 3 is 2.56 bits per heavy atom. The summed E-state index contributed by atoms with van der Waals surface area (Å²) in [4.78, 5) is 10.6. The van der Waals surface area contributed by atoms with Crippen LogP contribution in [0.2, 0.25) is 0 Å². The quantitative estimate of drug-likeness (QED) is 0.765. The van der Waals surface area contributed by atoms with Gasteiger partial charge < -0.3 is 0 Å². The van der Waals surface area contributed by atoms with Crippen molar-refractivity contribution in [2.75, 3.05) is 6.26 Å². The fourth-order valence-corrected chi connectivity index (χ4v) is 2.02. The first-order valence-corrected chi connectivity index (χ1v) is 5.95. The van der Waals surface area contributed by atoms with Crippen LogP contribution in [0, 0.1) is 6.07 Å². The largest absolute Gasteiger partial charge is 0.474 e. The minimum atomic E-state index is -5.10. The minimum Gasteiger partial charge on any atom is -0.261 e. The number of carbonyl (C=O) groups excluding carboxylic acids is 1. The standard InChI is InChI=1S/C9H7F3NO2S/c1-16(15,7-5-3-2-4-6-7)13-8(14)9(10,11)12/h2-3,5-6H,1H3. The van der Waals surface area contributed by atoms with Gasteiger partial charge in [-0.2, -0.15) is 13.2 Å². The van der Waals surface area contributed by atoms with Crippen molar-refractivity contribution in [2.45, 2.75) is 11.1 Å². The molecule has 1 unspecified atom stereocenters. The van der Waals surface area contributed by atoms with E-state index in [4.69, 9.17) is 0 Å². The summed E-state index contributed by atoms with van der Waals surface area (Å²) in [6.45, 7) is 0. The Bertz CT molecular complexity index is 501. The van der Waals surface area contributed by atoms with Crippen LogP contribution in [-0.4, -0.2) is 22.5 Å². The van der Waals surface area contributed by atoms with Gasteiger partial charge in [0.05, 0.1) is 9.73 Å². The molecule has 0 aromatic heterocycles. The highest BCUT2D eigenvalue weighted by atomic mass is 32.2. The van der Waals surface area contributed by atoms with Crippen LogP contribution in [-0.2, 0) is 14.5 Å². The lowest BCUT2D eigenvalue weighted by Crippen LogP contribution is -2.21. The van der Waals surface area contributed by atoms with Crippen molar-refractivity contribution in [3.8, 4) is 0 Å². The van der Waals surface area contributed by atoms with Crippen molar-refractivity contribution in [2.24, 2.45) is 4.36 Å². The number of nitrogens with zero attached hydrogens (tertiary/aromatic N) is 1. The van der Waals surface area contributed by atoms with E-state index in [2.05, 4.69) is 10.4 Å². The molecule has 0 aliphatic heterocycles. The van der Waals surface area contributed by atoms with Crippen molar-refractivity contribution in [1.29, 1.82) is 0 Å². The lowest BCUT2D eigenvalue weighted by Gasteiger charge is -2.04. The highest BCUT2D eigenvalue weighted by Crippen LogP contribution is 2.19. The number of amides is 1. The van der Waals surface area contributed by atoms with Gasteiger partial charge in [-0.25, -0.2) is 4.21 Å². The van der Waals surface area contributed by atoms with Crippen LogP contribution in [0.15, 0.2) is 33.5 Å². The van der Waals surface area contributed by atoms with E-state index in [9.17, 15) is 22.2 Å². The number of hydrogen-bond acceptors (Lipinski definition) is 2. The number of halogens is 3. The Hall–Kier alpha value is -1.37. The number of rotatable bonds is 1. The summed E-state index contributed by atoms with van der Waals surface area (Å²) >= 11 is 0. The Morgan fingerprint density at radius 2 is 2.12 bits per heavy atom. The first-order chi connectivity index (χ1) is 7.23. The fraction of sp³-hybridized carbons (Fsp3) is 0.222. The van der Waals surface area contributed by atoms with Gasteiger partial charge >= 0.3 is 12.1 Å². The van der Waals surface area contributed by atoms with Crippen LogP contribution in [0.25, 0.3) is 0 Å². The van der Waals surface area contributed by atoms with E-state index in [1.165, 1.54) is 24.3 Å². The molecule has 0 fully saturated rings. The van der Waals surface area contributed by atoms with Crippen LogP contribution in [0.3, 0.4) is 0 Å². The Kier molecular flexibility index (Phi) is 3.37. The van der Waals surface area contributed by atoms with E-state index in [0.717, 1.165) is 6.26 Å². The molecule has 1 aromatic rings. The second-order valence-corrected chi connectivity index (χ2v) is 5.19. The zero-order chi connectivity index (χ0) is 12.4. The summed E-state index contributed by atoms with van der Waals surface area (Å²) in [7, 11) is -3.37. The molecule has 0 spiro atoms. The van der Waals surface area contributed by atoms with Crippen LogP contribution >= 0.6 is 0 Å². The van der Waals surface area contributed by atoms with E-state index in [0.29, 0.717) is 0 Å². The third-order valence-electron chi connectivity index (χ3n) is 1.62. The van der Waals surface area contributed by atoms with Crippen LogP contribution < -0.4 is 0 Å². The molecule has 1 radical (unpaired) electrons. The second-order valence-electron chi connectivity index (χ2n) is 2.94. The van der Waals surface area contributed by atoms with Crippen molar-refractivity contribution in [3.63, 3.8) is 0 Å². The van der Waals surface area contributed by atoms with Crippen LogP contribution in [0.4, 0.5) is 13.2 Å². The molecule has 0 heterocycles. The molecule has 0 N–H and O–H groups in total. The molecule has 87 valence electrons. The molecule has 3 nitrogen and oxygen atoms in total. The molecule has 1 amide bonds. The van der Waals surface area contributed by atoms with Gasteiger partial charge in [0, 0.05) is 11.2 Å². The summed E-state index contributed by atoms with van der Waals surface area (Å²) in [5, 5.41) is 0. The highest BCUT2D eigenvalue weighted by Gasteiger charge is 2.39. The molecule has 0 saturated heterocycles. The molecule has 7 heteroatoms. The first kappa shape index (κ1) is 12.7. The van der Waals surface area contributed by atoms with Crippen LogP contribution in [0.1, 0.15) is 0 Å². The van der Waals surface area contributed by atoms with Gasteiger partial charge in [-0.15, -0.1) is 4.36 Å². The van der Waals surface area contributed by atoms with Gasteiger partial charge in [-0.1, -0.05) is 12.1 Å². The van der Waals surface area contributed by atoms with Gasteiger partial charge in [0.25, 0.3) is 0 Å². The van der Waals surface area contributed by atoms with Crippen molar-refractivity contribution in [1.82, 2.24) is 0 Å². The van der Waals surface area contributed by atoms with Gasteiger partial charge in [0.2, 0.25) is 0 Å². The molecular weight excluding hydrogens is 243 g/mol. The smallest absolute Gasteiger partial charge is 0.261 e. The summed E-state index contributed by atoms with van der Waals surface area (Å²) in [5.41, 5.74) is 0. The topological polar surface area (TPSA) is 46.5 Å². The molecule has 1 aromatic carbocycles.